The van der Waals surface area contributed by atoms with Crippen LogP contribution in [-0.2, 0) is 0 Å². The highest BCUT2D eigenvalue weighted by atomic mass is 16.5. The summed E-state index contributed by atoms with van der Waals surface area (Å²) in [5.74, 6) is 1.53. The molecular weight excluding hydrogens is 244 g/mol. The summed E-state index contributed by atoms with van der Waals surface area (Å²) in [5.41, 5.74) is -0.981. The molecule has 19 heavy (non-hydrogen) atoms. The topological polar surface area (TPSA) is 58.9 Å². The molecule has 1 aliphatic carbocycles. The second-order valence-corrected chi connectivity index (χ2v) is 5.14. The summed E-state index contributed by atoms with van der Waals surface area (Å²) in [5, 5.41) is 20.2. The van der Waals surface area contributed by atoms with E-state index in [2.05, 4.69) is 0 Å². The van der Waals surface area contributed by atoms with Gasteiger partial charge >= 0.3 is 0 Å². The van der Waals surface area contributed by atoms with E-state index >= 15 is 0 Å². The van der Waals surface area contributed by atoms with Crippen molar-refractivity contribution in [2.75, 3.05) is 13.7 Å². The maximum atomic E-state index is 10.3. The largest absolute Gasteiger partial charge is 0.497 e. The summed E-state index contributed by atoms with van der Waals surface area (Å²) in [6, 6.07) is 7.33. The van der Waals surface area contributed by atoms with Gasteiger partial charge < -0.3 is 19.7 Å². The third-order valence-corrected chi connectivity index (χ3v) is 3.82. The van der Waals surface area contributed by atoms with Crippen molar-refractivity contribution in [1.29, 1.82) is 0 Å². The second-order valence-electron chi connectivity index (χ2n) is 5.14. The lowest BCUT2D eigenvalue weighted by atomic mass is 9.80. The van der Waals surface area contributed by atoms with Crippen LogP contribution < -0.4 is 9.47 Å². The van der Waals surface area contributed by atoms with Crippen molar-refractivity contribution in [3.63, 3.8) is 0 Å². The van der Waals surface area contributed by atoms with Gasteiger partial charge in [-0.1, -0.05) is 12.8 Å². The maximum absolute atomic E-state index is 10.3. The molecule has 4 heteroatoms. The van der Waals surface area contributed by atoms with Crippen molar-refractivity contribution >= 4 is 0 Å². The van der Waals surface area contributed by atoms with Crippen molar-refractivity contribution in [2.45, 2.75) is 43.8 Å². The molecule has 2 atom stereocenters. The van der Waals surface area contributed by atoms with E-state index in [1.54, 1.807) is 7.11 Å². The van der Waals surface area contributed by atoms with Crippen LogP contribution in [0.5, 0.6) is 11.5 Å². The lowest BCUT2D eigenvalue weighted by Gasteiger charge is -2.36. The Labute approximate surface area is 114 Å². The van der Waals surface area contributed by atoms with E-state index in [0.717, 1.165) is 24.3 Å². The van der Waals surface area contributed by atoms with Gasteiger partial charge in [0.15, 0.2) is 0 Å². The Kier molecular flexibility index (Phi) is 4.66. The van der Waals surface area contributed by atoms with Gasteiger partial charge in [0.1, 0.15) is 11.5 Å². The molecule has 1 saturated carbocycles. The normalized spacial score (nSPS) is 27.0. The predicted octanol–water partition coefficient (Wildman–Crippen LogP) is 2.13. The maximum Gasteiger partial charge on any atom is 0.119 e. The van der Waals surface area contributed by atoms with E-state index in [-0.39, 0.29) is 0 Å². The van der Waals surface area contributed by atoms with Crippen molar-refractivity contribution in [2.24, 2.45) is 0 Å². The molecule has 1 aromatic carbocycles. The molecule has 0 amide bonds. The Morgan fingerprint density at radius 1 is 1.21 bits per heavy atom. The molecule has 2 N–H and O–H groups in total. The molecule has 1 aliphatic rings. The van der Waals surface area contributed by atoms with Gasteiger partial charge in [-0.3, -0.25) is 0 Å². The van der Waals surface area contributed by atoms with Crippen LogP contribution in [0.15, 0.2) is 24.3 Å². The Morgan fingerprint density at radius 2 is 1.89 bits per heavy atom. The van der Waals surface area contributed by atoms with Gasteiger partial charge in [-0.05, 0) is 37.1 Å². The number of rotatable bonds is 5. The first kappa shape index (κ1) is 14.2. The Morgan fingerprint density at radius 3 is 2.53 bits per heavy atom. The predicted molar refractivity (Wildman–Crippen MR) is 72.5 cm³/mol. The molecule has 4 nitrogen and oxygen atoms in total. The monoisotopic (exact) mass is 266 g/mol. The van der Waals surface area contributed by atoms with E-state index in [4.69, 9.17) is 9.47 Å². The number of aliphatic hydroxyl groups excluding tert-OH is 1. The summed E-state index contributed by atoms with van der Waals surface area (Å²) in [7, 11) is 1.62. The second kappa shape index (κ2) is 6.26. The quantitative estimate of drug-likeness (QED) is 0.857. The fourth-order valence-electron chi connectivity index (χ4n) is 2.51. The summed E-state index contributed by atoms with van der Waals surface area (Å²) in [4.78, 5) is 0. The molecule has 0 saturated heterocycles. The fourth-order valence-corrected chi connectivity index (χ4v) is 2.51. The van der Waals surface area contributed by atoms with Crippen LogP contribution in [-0.4, -0.2) is 35.6 Å². The van der Waals surface area contributed by atoms with Crippen LogP contribution >= 0.6 is 0 Å². The molecule has 1 fully saturated rings. The highest BCUT2D eigenvalue weighted by Crippen LogP contribution is 2.31. The van der Waals surface area contributed by atoms with Crippen molar-refractivity contribution < 1.29 is 19.7 Å². The number of hydrogen-bond acceptors (Lipinski definition) is 4. The lowest BCUT2D eigenvalue weighted by Crippen LogP contribution is -2.45. The molecule has 106 valence electrons. The highest BCUT2D eigenvalue weighted by molar-refractivity contribution is 5.31. The van der Waals surface area contributed by atoms with Crippen LogP contribution in [0.4, 0.5) is 0 Å². The summed E-state index contributed by atoms with van der Waals surface area (Å²) >= 11 is 0. The molecular formula is C15H22O4. The highest BCUT2D eigenvalue weighted by Gasteiger charge is 2.37. The molecule has 0 heterocycles. The van der Waals surface area contributed by atoms with Crippen LogP contribution in [0.2, 0.25) is 0 Å². The average Bonchev–Trinajstić information content (AvgIpc) is 2.43. The van der Waals surface area contributed by atoms with Crippen molar-refractivity contribution in [3.05, 3.63) is 24.3 Å². The van der Waals surface area contributed by atoms with Gasteiger partial charge in [0.05, 0.1) is 25.4 Å². The van der Waals surface area contributed by atoms with Crippen molar-refractivity contribution in [1.82, 2.24) is 0 Å². The zero-order valence-corrected chi connectivity index (χ0v) is 11.3. The average molecular weight is 266 g/mol. The van der Waals surface area contributed by atoms with Crippen LogP contribution in [0.3, 0.4) is 0 Å². The zero-order valence-electron chi connectivity index (χ0n) is 11.3. The number of methoxy groups -OCH3 is 1. The molecule has 0 unspecified atom stereocenters. The fraction of sp³-hybridized carbons (Fsp3) is 0.600. The third-order valence-electron chi connectivity index (χ3n) is 3.82. The van der Waals surface area contributed by atoms with E-state index < -0.39 is 11.7 Å². The summed E-state index contributed by atoms with van der Waals surface area (Å²) in [6.07, 6.45) is 3.12. The van der Waals surface area contributed by atoms with Gasteiger partial charge in [-0.15, -0.1) is 0 Å². The van der Waals surface area contributed by atoms with Gasteiger partial charge in [-0.25, -0.2) is 0 Å². The zero-order chi connectivity index (χ0) is 13.7. The molecule has 2 rings (SSSR count). The number of aliphatic hydroxyl groups is 2. The van der Waals surface area contributed by atoms with E-state index in [1.165, 1.54) is 0 Å². The number of hydrogen-bond donors (Lipinski definition) is 2. The van der Waals surface area contributed by atoms with Crippen LogP contribution in [0, 0.1) is 0 Å². The lowest BCUT2D eigenvalue weighted by molar-refractivity contribution is -0.109. The van der Waals surface area contributed by atoms with Gasteiger partial charge in [-0.2, -0.15) is 0 Å². The van der Waals surface area contributed by atoms with Gasteiger partial charge in [0.2, 0.25) is 0 Å². The molecule has 0 radical (unpaired) electrons. The molecule has 0 aliphatic heterocycles. The Hall–Kier alpha value is -1.26. The van der Waals surface area contributed by atoms with E-state index in [1.807, 2.05) is 24.3 Å². The molecule has 1 aromatic rings. The molecule has 0 aromatic heterocycles. The minimum absolute atomic E-state index is 0.403. The van der Waals surface area contributed by atoms with Crippen molar-refractivity contribution in [3.8, 4) is 11.5 Å². The van der Waals surface area contributed by atoms with Crippen LogP contribution in [0.25, 0.3) is 0 Å². The number of benzene rings is 1. The Bertz CT molecular complexity index is 390. The smallest absolute Gasteiger partial charge is 0.119 e. The van der Waals surface area contributed by atoms with Gasteiger partial charge in [0.25, 0.3) is 0 Å². The first-order valence-electron chi connectivity index (χ1n) is 6.81. The minimum Gasteiger partial charge on any atom is -0.497 e. The summed E-state index contributed by atoms with van der Waals surface area (Å²) < 4.78 is 10.7. The molecule has 0 bridgehead atoms. The first-order valence-corrected chi connectivity index (χ1v) is 6.81. The molecule has 0 spiro atoms. The Balaban J connectivity index is 1.81. The standard InChI is InChI=1S/C15H22O4/c1-18-12-5-7-13(8-6-12)19-11-10-15(17)9-3-2-4-14(15)16/h5-8,14,16-17H,2-4,9-11H2,1H3/t14-,15-/m1/s1. The van der Waals surface area contributed by atoms with E-state index in [9.17, 15) is 10.2 Å². The van der Waals surface area contributed by atoms with Crippen LogP contribution in [0.1, 0.15) is 32.1 Å². The summed E-state index contributed by atoms with van der Waals surface area (Å²) in [6.45, 7) is 0.403. The third kappa shape index (κ3) is 3.61. The first-order chi connectivity index (χ1) is 9.14. The minimum atomic E-state index is -0.981. The number of ether oxygens (including phenoxy) is 2. The SMILES string of the molecule is COc1ccc(OCC[C@]2(O)CCCC[C@H]2O)cc1. The van der Waals surface area contributed by atoms with Gasteiger partial charge in [0, 0.05) is 6.42 Å². The van der Waals surface area contributed by atoms with E-state index in [0.29, 0.717) is 25.9 Å².